The monoisotopic (exact) mass is 568 g/mol. The number of benzene rings is 3. The van der Waals surface area contributed by atoms with Gasteiger partial charge in [0.15, 0.2) is 0 Å². The first kappa shape index (κ1) is 28.8. The van der Waals surface area contributed by atoms with Gasteiger partial charge >= 0.3 is 6.18 Å². The van der Waals surface area contributed by atoms with Crippen LogP contribution in [0.3, 0.4) is 0 Å². The number of hydrogen-bond acceptors (Lipinski definition) is 3. The third kappa shape index (κ3) is 6.31. The molecule has 0 spiro atoms. The number of rotatable bonds is 5. The van der Waals surface area contributed by atoms with Crippen LogP contribution >= 0.6 is 12.4 Å². The average molecular weight is 569 g/mol. The van der Waals surface area contributed by atoms with Crippen molar-refractivity contribution in [2.24, 2.45) is 0 Å². The van der Waals surface area contributed by atoms with E-state index in [1.807, 2.05) is 60.8 Å². The Bertz CT molecular complexity index is 1540. The Morgan fingerprint density at radius 2 is 1.73 bits per heavy atom. The van der Waals surface area contributed by atoms with E-state index in [1.165, 1.54) is 12.1 Å². The van der Waals surface area contributed by atoms with E-state index in [0.29, 0.717) is 6.42 Å². The standard InChI is InChI=1S/C30H27F3N4O2.ClH/c31-30(32,33)23-14-21(15-24(34)17-23)29(39)37-13-12-36(28(38)11-10-20-6-2-1-3-7-20)19-25(37)16-22-18-35-27-9-5-4-8-26(22)27;/h1-11,14-15,17-18,25,35H,12-13,16,19,34H2;1H/t25-;/m1./s1. The van der Waals surface area contributed by atoms with Gasteiger partial charge in [0.05, 0.1) is 11.6 Å². The lowest BCUT2D eigenvalue weighted by Crippen LogP contribution is -2.57. The number of para-hydroxylation sites is 1. The minimum atomic E-state index is -4.63. The molecule has 3 N–H and O–H groups in total. The lowest BCUT2D eigenvalue weighted by Gasteiger charge is -2.41. The number of alkyl halides is 3. The Hall–Kier alpha value is -4.24. The second-order valence-corrected chi connectivity index (χ2v) is 9.59. The maximum absolute atomic E-state index is 13.6. The summed E-state index contributed by atoms with van der Waals surface area (Å²) < 4.78 is 40.3. The van der Waals surface area contributed by atoms with Gasteiger partial charge in [-0.1, -0.05) is 48.5 Å². The smallest absolute Gasteiger partial charge is 0.399 e. The SMILES string of the molecule is Cl.Nc1cc(C(=O)N2CCN(C(=O)C=Cc3ccccc3)C[C@H]2Cc2c[nH]c3ccccc23)cc(C(F)(F)F)c1. The molecule has 10 heteroatoms. The number of aromatic amines is 1. The van der Waals surface area contributed by atoms with Crippen molar-refractivity contribution in [2.75, 3.05) is 25.4 Å². The molecule has 0 bridgehead atoms. The molecular weight excluding hydrogens is 541 g/mol. The minimum absolute atomic E-state index is 0. The van der Waals surface area contributed by atoms with Crippen molar-refractivity contribution in [3.63, 3.8) is 0 Å². The van der Waals surface area contributed by atoms with E-state index in [9.17, 15) is 22.8 Å². The molecule has 0 aliphatic carbocycles. The van der Waals surface area contributed by atoms with Gasteiger partial charge in [0.1, 0.15) is 0 Å². The van der Waals surface area contributed by atoms with Crippen molar-refractivity contribution in [1.29, 1.82) is 0 Å². The summed E-state index contributed by atoms with van der Waals surface area (Å²) in [5, 5.41) is 0.987. The molecule has 1 fully saturated rings. The molecule has 0 unspecified atom stereocenters. The van der Waals surface area contributed by atoms with Crippen molar-refractivity contribution in [1.82, 2.24) is 14.8 Å². The number of nitrogens with one attached hydrogen (secondary N) is 1. The second-order valence-electron chi connectivity index (χ2n) is 9.59. The first-order valence-electron chi connectivity index (χ1n) is 12.5. The van der Waals surface area contributed by atoms with Crippen LogP contribution in [0.2, 0.25) is 0 Å². The molecule has 1 saturated heterocycles. The van der Waals surface area contributed by atoms with Gasteiger partial charge in [0.25, 0.3) is 5.91 Å². The van der Waals surface area contributed by atoms with Crippen molar-refractivity contribution in [2.45, 2.75) is 18.6 Å². The molecule has 1 aliphatic heterocycles. The molecular formula is C30H28ClF3N4O2. The van der Waals surface area contributed by atoms with Crippen LogP contribution < -0.4 is 5.73 Å². The normalized spacial score (nSPS) is 15.8. The first-order valence-corrected chi connectivity index (χ1v) is 12.5. The van der Waals surface area contributed by atoms with E-state index in [-0.39, 0.29) is 49.2 Å². The predicted molar refractivity (Wildman–Crippen MR) is 152 cm³/mol. The Labute approximate surface area is 235 Å². The molecule has 1 aliphatic rings. The molecule has 2 heterocycles. The number of carbonyl (C=O) groups excluding carboxylic acids is 2. The Kier molecular flexibility index (Phi) is 8.54. The highest BCUT2D eigenvalue weighted by atomic mass is 35.5. The van der Waals surface area contributed by atoms with Gasteiger partial charge in [0, 0.05) is 54.1 Å². The van der Waals surface area contributed by atoms with E-state index in [2.05, 4.69) is 4.98 Å². The zero-order valence-corrected chi connectivity index (χ0v) is 22.2. The summed E-state index contributed by atoms with van der Waals surface area (Å²) in [6.45, 7) is 0.660. The molecule has 1 atom stereocenters. The molecule has 6 nitrogen and oxygen atoms in total. The van der Waals surface area contributed by atoms with Crippen LogP contribution in [0.5, 0.6) is 0 Å². The fourth-order valence-electron chi connectivity index (χ4n) is 4.99. The first-order chi connectivity index (χ1) is 18.7. The van der Waals surface area contributed by atoms with Crippen LogP contribution in [0.25, 0.3) is 17.0 Å². The zero-order valence-electron chi connectivity index (χ0n) is 21.4. The maximum atomic E-state index is 13.6. The molecule has 2 amide bonds. The highest BCUT2D eigenvalue weighted by molar-refractivity contribution is 5.96. The summed E-state index contributed by atoms with van der Waals surface area (Å²) in [5.41, 5.74) is 7.27. The van der Waals surface area contributed by atoms with Crippen LogP contribution in [0.15, 0.2) is 85.1 Å². The Morgan fingerprint density at radius 1 is 1.00 bits per heavy atom. The predicted octanol–water partition coefficient (Wildman–Crippen LogP) is 5.80. The summed E-state index contributed by atoms with van der Waals surface area (Å²) in [6.07, 6.45) is 0.884. The van der Waals surface area contributed by atoms with Gasteiger partial charge in [-0.15, -0.1) is 12.4 Å². The molecule has 4 aromatic rings. The maximum Gasteiger partial charge on any atom is 0.416 e. The number of amides is 2. The fourth-order valence-corrected chi connectivity index (χ4v) is 4.99. The van der Waals surface area contributed by atoms with Gasteiger partial charge in [-0.2, -0.15) is 13.2 Å². The number of halogens is 4. The zero-order chi connectivity index (χ0) is 27.6. The number of nitrogen functional groups attached to an aromatic ring is 1. The molecule has 208 valence electrons. The lowest BCUT2D eigenvalue weighted by atomic mass is 9.99. The summed E-state index contributed by atoms with van der Waals surface area (Å²) in [5.74, 6) is -0.747. The van der Waals surface area contributed by atoms with Gasteiger partial charge in [0.2, 0.25) is 5.91 Å². The summed E-state index contributed by atoms with van der Waals surface area (Å²) in [6, 6.07) is 19.6. The van der Waals surface area contributed by atoms with Crippen molar-refractivity contribution in [3.05, 3.63) is 107 Å². The van der Waals surface area contributed by atoms with Crippen LogP contribution in [-0.2, 0) is 17.4 Å². The number of nitrogens with two attached hydrogens (primary N) is 1. The number of anilines is 1. The van der Waals surface area contributed by atoms with E-state index in [1.54, 1.807) is 15.9 Å². The topological polar surface area (TPSA) is 82.4 Å². The number of piperazine rings is 1. The Morgan fingerprint density at radius 3 is 2.48 bits per heavy atom. The Balaban J connectivity index is 0.00000370. The van der Waals surface area contributed by atoms with Crippen molar-refractivity contribution in [3.8, 4) is 0 Å². The van der Waals surface area contributed by atoms with Crippen LogP contribution in [0, 0.1) is 0 Å². The molecule has 0 radical (unpaired) electrons. The number of aromatic nitrogens is 1. The van der Waals surface area contributed by atoms with E-state index < -0.39 is 23.7 Å². The quantitative estimate of drug-likeness (QED) is 0.236. The number of H-pyrrole nitrogens is 1. The van der Waals surface area contributed by atoms with Crippen LogP contribution in [-0.4, -0.2) is 52.3 Å². The summed E-state index contributed by atoms with van der Waals surface area (Å²) >= 11 is 0. The molecule has 5 rings (SSSR count). The van der Waals surface area contributed by atoms with E-state index in [4.69, 9.17) is 5.73 Å². The van der Waals surface area contributed by atoms with E-state index >= 15 is 0 Å². The lowest BCUT2D eigenvalue weighted by molar-refractivity contribution is -0.137. The third-order valence-corrected chi connectivity index (χ3v) is 6.93. The largest absolute Gasteiger partial charge is 0.416 e. The average Bonchev–Trinajstić information content (AvgIpc) is 3.34. The number of hydrogen-bond donors (Lipinski definition) is 2. The van der Waals surface area contributed by atoms with Crippen LogP contribution in [0.4, 0.5) is 18.9 Å². The number of nitrogens with zero attached hydrogens (tertiary/aromatic N) is 2. The highest BCUT2D eigenvalue weighted by Gasteiger charge is 2.35. The molecule has 0 saturated carbocycles. The number of fused-ring (bicyclic) bond motifs is 1. The van der Waals surface area contributed by atoms with Crippen LogP contribution in [0.1, 0.15) is 27.0 Å². The summed E-state index contributed by atoms with van der Waals surface area (Å²) in [4.78, 5) is 33.1. The van der Waals surface area contributed by atoms with Gasteiger partial charge in [-0.05, 0) is 47.9 Å². The molecule has 3 aromatic carbocycles. The fraction of sp³-hybridized carbons (Fsp3) is 0.200. The van der Waals surface area contributed by atoms with Crippen molar-refractivity contribution < 1.29 is 22.8 Å². The van der Waals surface area contributed by atoms with Gasteiger partial charge < -0.3 is 20.5 Å². The van der Waals surface area contributed by atoms with Gasteiger partial charge in [-0.3, -0.25) is 9.59 Å². The van der Waals surface area contributed by atoms with E-state index in [0.717, 1.165) is 34.2 Å². The third-order valence-electron chi connectivity index (χ3n) is 6.93. The number of carbonyl (C=O) groups is 2. The summed E-state index contributed by atoms with van der Waals surface area (Å²) in [7, 11) is 0. The van der Waals surface area contributed by atoms with Gasteiger partial charge in [-0.25, -0.2) is 0 Å². The highest BCUT2D eigenvalue weighted by Crippen LogP contribution is 2.32. The van der Waals surface area contributed by atoms with Crippen molar-refractivity contribution >= 4 is 46.9 Å². The molecule has 40 heavy (non-hydrogen) atoms. The minimum Gasteiger partial charge on any atom is -0.399 e. The second kappa shape index (κ2) is 11.9. The molecule has 1 aromatic heterocycles.